The molecule has 2 heterocycles. The molecule has 2 aromatic heterocycles. The van der Waals surface area contributed by atoms with E-state index in [1.807, 2.05) is 12.3 Å². The van der Waals surface area contributed by atoms with Crippen molar-refractivity contribution in [3.63, 3.8) is 0 Å². The molecule has 0 aliphatic carbocycles. The van der Waals surface area contributed by atoms with Gasteiger partial charge >= 0.3 is 0 Å². The van der Waals surface area contributed by atoms with E-state index in [4.69, 9.17) is 5.73 Å². The molecule has 5 nitrogen and oxygen atoms in total. The molecule has 0 radical (unpaired) electrons. The van der Waals surface area contributed by atoms with Crippen molar-refractivity contribution < 1.29 is 4.79 Å². The van der Waals surface area contributed by atoms with Crippen LogP contribution in [0.4, 0.5) is 0 Å². The summed E-state index contributed by atoms with van der Waals surface area (Å²) in [7, 11) is 0. The Morgan fingerprint density at radius 2 is 2.22 bits per heavy atom. The molecule has 7 heteroatoms. The number of carbonyl (C=O) groups is 1. The lowest BCUT2D eigenvalue weighted by molar-refractivity contribution is 0.0949. The zero-order valence-electron chi connectivity index (χ0n) is 9.97. The van der Waals surface area contributed by atoms with Gasteiger partial charge < -0.3 is 11.1 Å². The van der Waals surface area contributed by atoms with Gasteiger partial charge in [0, 0.05) is 30.3 Å². The lowest BCUT2D eigenvalue weighted by Gasteiger charge is -2.00. The fourth-order valence-corrected chi connectivity index (χ4v) is 2.73. The van der Waals surface area contributed by atoms with E-state index in [9.17, 15) is 4.79 Å². The van der Waals surface area contributed by atoms with Crippen molar-refractivity contribution in [2.45, 2.75) is 19.9 Å². The largest absolute Gasteiger partial charge is 0.350 e. The van der Waals surface area contributed by atoms with Crippen molar-refractivity contribution in [2.24, 2.45) is 5.73 Å². The van der Waals surface area contributed by atoms with Gasteiger partial charge in [-0.15, -0.1) is 22.7 Å². The van der Waals surface area contributed by atoms with E-state index >= 15 is 0 Å². The van der Waals surface area contributed by atoms with Gasteiger partial charge in [0.1, 0.15) is 10.7 Å². The van der Waals surface area contributed by atoms with Crippen molar-refractivity contribution in [3.05, 3.63) is 32.2 Å². The number of nitrogens with one attached hydrogen (secondary N) is 1. The molecule has 0 bridgehead atoms. The maximum absolute atomic E-state index is 11.7. The maximum Gasteiger partial charge on any atom is 0.270 e. The Labute approximate surface area is 113 Å². The maximum atomic E-state index is 11.7. The molecule has 3 N–H and O–H groups in total. The summed E-state index contributed by atoms with van der Waals surface area (Å²) in [4.78, 5) is 20.2. The highest BCUT2D eigenvalue weighted by atomic mass is 32.1. The SMILES string of the molecule is Cc1nc(CCNC(=O)c2csc(CN)n2)cs1. The fraction of sp³-hybridized carbons (Fsp3) is 0.364. The molecule has 0 atom stereocenters. The number of thiazole rings is 2. The summed E-state index contributed by atoms with van der Waals surface area (Å²) in [6, 6.07) is 0. The molecule has 18 heavy (non-hydrogen) atoms. The lowest BCUT2D eigenvalue weighted by Crippen LogP contribution is -2.26. The summed E-state index contributed by atoms with van der Waals surface area (Å²) in [6.45, 7) is 2.91. The van der Waals surface area contributed by atoms with E-state index in [-0.39, 0.29) is 5.91 Å². The van der Waals surface area contributed by atoms with E-state index in [1.165, 1.54) is 11.3 Å². The van der Waals surface area contributed by atoms with Crippen LogP contribution in [0.5, 0.6) is 0 Å². The van der Waals surface area contributed by atoms with Crippen LogP contribution in [0.1, 0.15) is 26.2 Å². The summed E-state index contributed by atoms with van der Waals surface area (Å²) in [6.07, 6.45) is 0.740. The zero-order valence-corrected chi connectivity index (χ0v) is 11.6. The minimum Gasteiger partial charge on any atom is -0.350 e. The number of amides is 1. The molecule has 0 aliphatic heterocycles. The Bertz CT molecular complexity index is 535. The predicted molar refractivity (Wildman–Crippen MR) is 72.9 cm³/mol. The first-order chi connectivity index (χ1) is 8.69. The highest BCUT2D eigenvalue weighted by Gasteiger charge is 2.09. The first-order valence-electron chi connectivity index (χ1n) is 5.52. The number of rotatable bonds is 5. The summed E-state index contributed by atoms with van der Waals surface area (Å²) in [5.74, 6) is -0.155. The van der Waals surface area contributed by atoms with E-state index < -0.39 is 0 Å². The van der Waals surface area contributed by atoms with Crippen molar-refractivity contribution in [2.75, 3.05) is 6.54 Å². The minimum atomic E-state index is -0.155. The van der Waals surface area contributed by atoms with Gasteiger partial charge in [0.05, 0.1) is 10.7 Å². The quantitative estimate of drug-likeness (QED) is 0.867. The molecule has 0 saturated heterocycles. The Hall–Kier alpha value is -1.31. The van der Waals surface area contributed by atoms with Gasteiger partial charge in [0.15, 0.2) is 0 Å². The zero-order chi connectivity index (χ0) is 13.0. The highest BCUT2D eigenvalue weighted by Crippen LogP contribution is 2.09. The summed E-state index contributed by atoms with van der Waals surface area (Å²) in [5.41, 5.74) is 6.90. The van der Waals surface area contributed by atoms with Gasteiger partial charge in [-0.2, -0.15) is 0 Å². The third-order valence-electron chi connectivity index (χ3n) is 2.29. The third kappa shape index (κ3) is 3.34. The monoisotopic (exact) mass is 282 g/mol. The number of hydrogen-bond acceptors (Lipinski definition) is 6. The number of aryl methyl sites for hydroxylation is 1. The molecular formula is C11H14N4OS2. The van der Waals surface area contributed by atoms with Crippen LogP contribution in [-0.2, 0) is 13.0 Å². The predicted octanol–water partition coefficient (Wildman–Crippen LogP) is 1.34. The smallest absolute Gasteiger partial charge is 0.270 e. The number of hydrogen-bond donors (Lipinski definition) is 2. The second-order valence-corrected chi connectivity index (χ2v) is 5.70. The topological polar surface area (TPSA) is 80.9 Å². The first kappa shape index (κ1) is 13.1. The molecule has 96 valence electrons. The van der Waals surface area contributed by atoms with Gasteiger partial charge in [0.25, 0.3) is 5.91 Å². The van der Waals surface area contributed by atoms with Gasteiger partial charge in [0.2, 0.25) is 0 Å². The standard InChI is InChI=1S/C11H14N4OS2/c1-7-14-8(5-17-7)2-3-13-11(16)9-6-18-10(4-12)15-9/h5-6H,2-4,12H2,1H3,(H,13,16). The number of aromatic nitrogens is 2. The van der Waals surface area contributed by atoms with Crippen LogP contribution >= 0.6 is 22.7 Å². The first-order valence-corrected chi connectivity index (χ1v) is 7.28. The van der Waals surface area contributed by atoms with E-state index in [2.05, 4.69) is 15.3 Å². The van der Waals surface area contributed by atoms with Crippen LogP contribution in [0.15, 0.2) is 10.8 Å². The van der Waals surface area contributed by atoms with Gasteiger partial charge in [-0.1, -0.05) is 0 Å². The van der Waals surface area contributed by atoms with Gasteiger partial charge in [-0.05, 0) is 6.92 Å². The van der Waals surface area contributed by atoms with Crippen molar-refractivity contribution >= 4 is 28.6 Å². The van der Waals surface area contributed by atoms with Crippen molar-refractivity contribution in [1.29, 1.82) is 0 Å². The summed E-state index contributed by atoms with van der Waals surface area (Å²) >= 11 is 3.02. The van der Waals surface area contributed by atoms with Crippen LogP contribution in [0, 0.1) is 6.92 Å². The molecule has 1 amide bonds. The summed E-state index contributed by atoms with van der Waals surface area (Å²) < 4.78 is 0. The average molecular weight is 282 g/mol. The van der Waals surface area contributed by atoms with E-state index in [0.29, 0.717) is 18.8 Å². The molecular weight excluding hydrogens is 268 g/mol. The number of nitrogens with two attached hydrogens (primary N) is 1. The molecule has 0 aliphatic rings. The number of nitrogens with zero attached hydrogens (tertiary/aromatic N) is 2. The molecule has 2 aromatic rings. The van der Waals surface area contributed by atoms with Crippen LogP contribution in [-0.4, -0.2) is 22.4 Å². The van der Waals surface area contributed by atoms with Gasteiger partial charge in [-0.25, -0.2) is 9.97 Å². The second kappa shape index (κ2) is 6.03. The van der Waals surface area contributed by atoms with Crippen LogP contribution in [0.3, 0.4) is 0 Å². The minimum absolute atomic E-state index is 0.155. The van der Waals surface area contributed by atoms with Crippen molar-refractivity contribution in [3.8, 4) is 0 Å². The van der Waals surface area contributed by atoms with Crippen LogP contribution in [0.2, 0.25) is 0 Å². The third-order valence-corrected chi connectivity index (χ3v) is 3.99. The Morgan fingerprint density at radius 1 is 1.39 bits per heavy atom. The molecule has 2 rings (SSSR count). The van der Waals surface area contributed by atoms with Gasteiger partial charge in [-0.3, -0.25) is 4.79 Å². The number of carbonyl (C=O) groups excluding carboxylic acids is 1. The molecule has 0 spiro atoms. The highest BCUT2D eigenvalue weighted by molar-refractivity contribution is 7.10. The Balaban J connectivity index is 1.81. The second-order valence-electron chi connectivity index (χ2n) is 3.69. The molecule has 0 saturated carbocycles. The average Bonchev–Trinajstić information content (AvgIpc) is 2.98. The molecule has 0 fully saturated rings. The summed E-state index contributed by atoms with van der Waals surface area (Å²) in [5, 5.41) is 8.38. The Kier molecular flexibility index (Phi) is 4.40. The lowest BCUT2D eigenvalue weighted by atomic mass is 10.3. The van der Waals surface area contributed by atoms with E-state index in [0.717, 1.165) is 22.1 Å². The van der Waals surface area contributed by atoms with E-state index in [1.54, 1.807) is 16.7 Å². The molecule has 0 unspecified atom stereocenters. The van der Waals surface area contributed by atoms with Crippen LogP contribution in [0.25, 0.3) is 0 Å². The van der Waals surface area contributed by atoms with Crippen molar-refractivity contribution in [1.82, 2.24) is 15.3 Å². The fourth-order valence-electron chi connectivity index (χ4n) is 1.43. The normalized spacial score (nSPS) is 10.6. The Morgan fingerprint density at radius 3 is 2.83 bits per heavy atom. The van der Waals surface area contributed by atoms with Crippen LogP contribution < -0.4 is 11.1 Å². The molecule has 0 aromatic carbocycles.